The molecule has 9 heteroatoms. The third-order valence-corrected chi connectivity index (χ3v) is 3.63. The van der Waals surface area contributed by atoms with Gasteiger partial charge in [-0.05, 0) is 13.0 Å². The van der Waals surface area contributed by atoms with E-state index in [4.69, 9.17) is 5.26 Å². The molecule has 0 saturated heterocycles. The number of anilines is 1. The molecular formula is C9H9N3O5S. The van der Waals surface area contributed by atoms with Gasteiger partial charge in [0.05, 0.1) is 16.7 Å². The van der Waals surface area contributed by atoms with E-state index < -0.39 is 25.9 Å². The average Bonchev–Trinajstić information content (AvgIpc) is 2.30. The number of nitrogens with one attached hydrogen (secondary N) is 1. The monoisotopic (exact) mass is 271 g/mol. The van der Waals surface area contributed by atoms with Crippen molar-refractivity contribution in [2.24, 2.45) is 0 Å². The van der Waals surface area contributed by atoms with Crippen molar-refractivity contribution in [1.29, 1.82) is 5.26 Å². The summed E-state index contributed by atoms with van der Waals surface area (Å²) in [5.41, 5.74) is -0.721. The van der Waals surface area contributed by atoms with Crippen molar-refractivity contribution in [2.45, 2.75) is 12.2 Å². The normalized spacial score (nSPS) is 12.4. The Hall–Kier alpha value is -2.34. The third kappa shape index (κ3) is 2.86. The van der Waals surface area contributed by atoms with Crippen molar-refractivity contribution in [2.75, 3.05) is 4.72 Å². The van der Waals surface area contributed by atoms with Crippen molar-refractivity contribution >= 4 is 21.4 Å². The van der Waals surface area contributed by atoms with Gasteiger partial charge in [-0.3, -0.25) is 14.8 Å². The molecule has 1 rings (SSSR count). The Balaban J connectivity index is 3.16. The number of nitriles is 1. The van der Waals surface area contributed by atoms with E-state index in [2.05, 4.69) is 0 Å². The predicted octanol–water partition coefficient (Wildman–Crippen LogP) is 0.954. The molecule has 0 aliphatic carbocycles. The molecule has 0 bridgehead atoms. The molecule has 1 aromatic rings. The van der Waals surface area contributed by atoms with Crippen molar-refractivity contribution in [3.63, 3.8) is 0 Å². The molecule has 0 aromatic heterocycles. The Labute approximate surface area is 103 Å². The van der Waals surface area contributed by atoms with E-state index >= 15 is 0 Å². The summed E-state index contributed by atoms with van der Waals surface area (Å²) in [6, 6.07) is 4.41. The maximum absolute atomic E-state index is 11.5. The zero-order valence-corrected chi connectivity index (χ0v) is 10.0. The number of hydrogen-bond donors (Lipinski definition) is 2. The van der Waals surface area contributed by atoms with E-state index in [9.17, 15) is 23.6 Å². The maximum atomic E-state index is 11.5. The molecular weight excluding hydrogens is 262 g/mol. The zero-order chi connectivity index (χ0) is 13.9. The number of sulfonamides is 1. The van der Waals surface area contributed by atoms with Gasteiger partial charge in [0.1, 0.15) is 5.75 Å². The number of aromatic hydroxyl groups is 1. The van der Waals surface area contributed by atoms with Gasteiger partial charge >= 0.3 is 0 Å². The molecule has 1 atom stereocenters. The second-order valence-corrected chi connectivity index (χ2v) is 5.38. The highest BCUT2D eigenvalue weighted by molar-refractivity contribution is 7.93. The first kappa shape index (κ1) is 13.7. The maximum Gasteiger partial charge on any atom is 0.271 e. The number of phenolic OH excluding ortho intramolecular Hbond substituents is 1. The second kappa shape index (κ2) is 4.89. The van der Waals surface area contributed by atoms with Gasteiger partial charge in [-0.1, -0.05) is 0 Å². The topological polar surface area (TPSA) is 133 Å². The van der Waals surface area contributed by atoms with Gasteiger partial charge in [0, 0.05) is 12.1 Å². The summed E-state index contributed by atoms with van der Waals surface area (Å²) in [5.74, 6) is -0.464. The van der Waals surface area contributed by atoms with Gasteiger partial charge in [-0.2, -0.15) is 5.26 Å². The number of nitro benzene ring substituents is 1. The molecule has 0 fully saturated rings. The number of rotatable bonds is 4. The SMILES string of the molecule is CC(C#N)S(=O)(=O)Nc1cc([N+](=O)[O-])ccc1O. The summed E-state index contributed by atoms with van der Waals surface area (Å²) < 4.78 is 25.0. The van der Waals surface area contributed by atoms with Crippen LogP contribution in [0.2, 0.25) is 0 Å². The van der Waals surface area contributed by atoms with E-state index in [1.54, 1.807) is 0 Å². The molecule has 96 valence electrons. The largest absolute Gasteiger partial charge is 0.506 e. The number of non-ortho nitro benzene ring substituents is 1. The Morgan fingerprint density at radius 2 is 2.17 bits per heavy atom. The fraction of sp³-hybridized carbons (Fsp3) is 0.222. The first-order valence-corrected chi connectivity index (χ1v) is 6.21. The van der Waals surface area contributed by atoms with E-state index in [1.807, 2.05) is 4.72 Å². The molecule has 1 aromatic carbocycles. The van der Waals surface area contributed by atoms with Gasteiger partial charge in [0.15, 0.2) is 5.25 Å². The first-order chi connectivity index (χ1) is 8.27. The quantitative estimate of drug-likeness (QED) is 0.475. The van der Waals surface area contributed by atoms with Gasteiger partial charge in [0.25, 0.3) is 5.69 Å². The molecule has 0 heterocycles. The molecule has 2 N–H and O–H groups in total. The van der Waals surface area contributed by atoms with Crippen molar-refractivity contribution in [3.05, 3.63) is 28.3 Å². The first-order valence-electron chi connectivity index (χ1n) is 4.66. The molecule has 18 heavy (non-hydrogen) atoms. The minimum Gasteiger partial charge on any atom is -0.506 e. The van der Waals surface area contributed by atoms with Crippen molar-refractivity contribution in [1.82, 2.24) is 0 Å². The Kier molecular flexibility index (Phi) is 3.73. The summed E-state index contributed by atoms with van der Waals surface area (Å²) in [4.78, 5) is 9.78. The number of nitrogens with zero attached hydrogens (tertiary/aromatic N) is 2. The van der Waals surface area contributed by atoms with Crippen molar-refractivity contribution in [3.8, 4) is 11.8 Å². The molecule has 0 radical (unpaired) electrons. The highest BCUT2D eigenvalue weighted by atomic mass is 32.2. The molecule has 1 unspecified atom stereocenters. The molecule has 0 aliphatic heterocycles. The minimum atomic E-state index is -4.02. The van der Waals surface area contributed by atoms with E-state index in [0.29, 0.717) is 0 Å². The van der Waals surface area contributed by atoms with Crippen molar-refractivity contribution < 1.29 is 18.4 Å². The minimum absolute atomic E-state index is 0.341. The summed E-state index contributed by atoms with van der Waals surface area (Å²) in [6.07, 6.45) is 0. The highest BCUT2D eigenvalue weighted by Gasteiger charge is 2.22. The summed E-state index contributed by atoms with van der Waals surface area (Å²) in [5, 5.41) is 27.1. The lowest BCUT2D eigenvalue weighted by atomic mass is 10.2. The van der Waals surface area contributed by atoms with Crippen LogP contribution in [0.25, 0.3) is 0 Å². The van der Waals surface area contributed by atoms with Crippen LogP contribution >= 0.6 is 0 Å². The molecule has 8 nitrogen and oxygen atoms in total. The Morgan fingerprint density at radius 3 is 2.67 bits per heavy atom. The van der Waals surface area contributed by atoms with Crippen LogP contribution in [0, 0.1) is 21.4 Å². The molecule has 0 spiro atoms. The third-order valence-electron chi connectivity index (χ3n) is 2.09. The van der Waals surface area contributed by atoms with Crippen LogP contribution in [0.15, 0.2) is 18.2 Å². The fourth-order valence-electron chi connectivity index (χ4n) is 1.03. The lowest BCUT2D eigenvalue weighted by Gasteiger charge is -2.10. The van der Waals surface area contributed by atoms with Gasteiger partial charge in [-0.15, -0.1) is 0 Å². The standard InChI is InChI=1S/C9H9N3O5S/c1-6(5-10)18(16,17)11-8-4-7(12(14)15)2-3-9(8)13/h2-4,6,11,13H,1H3. The highest BCUT2D eigenvalue weighted by Crippen LogP contribution is 2.29. The zero-order valence-electron chi connectivity index (χ0n) is 9.19. The van der Waals surface area contributed by atoms with Crippen LogP contribution in [0.5, 0.6) is 5.75 Å². The van der Waals surface area contributed by atoms with Gasteiger partial charge in [-0.25, -0.2) is 8.42 Å². The van der Waals surface area contributed by atoms with E-state index in [1.165, 1.54) is 6.07 Å². The fourth-order valence-corrected chi connectivity index (χ4v) is 1.82. The smallest absolute Gasteiger partial charge is 0.271 e. The van der Waals surface area contributed by atoms with E-state index in [0.717, 1.165) is 25.1 Å². The summed E-state index contributed by atoms with van der Waals surface area (Å²) in [7, 11) is -4.02. The van der Waals surface area contributed by atoms with Gasteiger partial charge in [0.2, 0.25) is 10.0 Å². The lowest BCUT2D eigenvalue weighted by molar-refractivity contribution is -0.384. The van der Waals surface area contributed by atoms with Crippen LogP contribution < -0.4 is 4.72 Å². The van der Waals surface area contributed by atoms with Crippen LogP contribution in [0.1, 0.15) is 6.92 Å². The van der Waals surface area contributed by atoms with Crippen LogP contribution in [-0.2, 0) is 10.0 Å². The second-order valence-electron chi connectivity index (χ2n) is 3.38. The van der Waals surface area contributed by atoms with Crippen LogP contribution in [0.4, 0.5) is 11.4 Å². The average molecular weight is 271 g/mol. The lowest BCUT2D eigenvalue weighted by Crippen LogP contribution is -2.23. The number of nitro groups is 1. The number of hydrogen-bond acceptors (Lipinski definition) is 6. The number of benzene rings is 1. The van der Waals surface area contributed by atoms with E-state index in [-0.39, 0.29) is 11.4 Å². The van der Waals surface area contributed by atoms with Gasteiger partial charge < -0.3 is 5.11 Å². The van der Waals surface area contributed by atoms with Crippen LogP contribution in [0.3, 0.4) is 0 Å². The predicted molar refractivity (Wildman–Crippen MR) is 62.4 cm³/mol. The summed E-state index contributed by atoms with van der Waals surface area (Å²) >= 11 is 0. The molecule has 0 amide bonds. The molecule has 0 aliphatic rings. The Bertz CT molecular complexity index is 620. The number of phenols is 1. The summed E-state index contributed by atoms with van der Waals surface area (Å²) in [6.45, 7) is 1.15. The Morgan fingerprint density at radius 1 is 1.56 bits per heavy atom. The van der Waals surface area contributed by atoms with Crippen LogP contribution in [-0.4, -0.2) is 23.7 Å². The molecule has 0 saturated carbocycles.